The Bertz CT molecular complexity index is 344. The van der Waals surface area contributed by atoms with Crippen molar-refractivity contribution >= 4 is 11.7 Å². The summed E-state index contributed by atoms with van der Waals surface area (Å²) in [7, 11) is 0. The van der Waals surface area contributed by atoms with Crippen LogP contribution in [0.25, 0.3) is 0 Å². The second-order valence-corrected chi connectivity index (χ2v) is 3.36. The number of hydrogen-bond acceptors (Lipinski definition) is 4. The quantitative estimate of drug-likeness (QED) is 0.726. The van der Waals surface area contributed by atoms with Gasteiger partial charge in [-0.15, -0.1) is 0 Å². The first-order valence-corrected chi connectivity index (χ1v) is 4.78. The van der Waals surface area contributed by atoms with Gasteiger partial charge in [-0.25, -0.2) is 0 Å². The number of aromatic amines is 1. The van der Waals surface area contributed by atoms with E-state index < -0.39 is 6.10 Å². The molecular formula is C9H13N3O3. The average molecular weight is 211 g/mol. The molecule has 1 atom stereocenters. The fourth-order valence-electron chi connectivity index (χ4n) is 1.33. The maximum atomic E-state index is 11.6. The van der Waals surface area contributed by atoms with E-state index in [1.54, 1.807) is 6.07 Å². The second kappa shape index (κ2) is 4.41. The van der Waals surface area contributed by atoms with E-state index in [4.69, 9.17) is 9.47 Å². The summed E-state index contributed by atoms with van der Waals surface area (Å²) in [6, 6.07) is 1.75. The van der Waals surface area contributed by atoms with Crippen molar-refractivity contribution in [3.63, 3.8) is 0 Å². The van der Waals surface area contributed by atoms with Gasteiger partial charge >= 0.3 is 0 Å². The minimum Gasteiger partial charge on any atom is -0.376 e. The van der Waals surface area contributed by atoms with Crippen molar-refractivity contribution in [3.8, 4) is 0 Å². The molecule has 0 radical (unpaired) electrons. The number of aromatic nitrogens is 2. The van der Waals surface area contributed by atoms with Gasteiger partial charge in [0.15, 0.2) is 11.9 Å². The lowest BCUT2D eigenvalue weighted by molar-refractivity contribution is -0.142. The molecule has 2 rings (SSSR count). The van der Waals surface area contributed by atoms with Gasteiger partial charge in [-0.1, -0.05) is 0 Å². The molecular weight excluding hydrogens is 198 g/mol. The number of H-pyrrole nitrogens is 1. The first-order valence-electron chi connectivity index (χ1n) is 4.78. The van der Waals surface area contributed by atoms with Crippen LogP contribution in [0.15, 0.2) is 6.07 Å². The average Bonchev–Trinajstić information content (AvgIpc) is 2.65. The normalized spacial score (nSPS) is 21.3. The van der Waals surface area contributed by atoms with Crippen molar-refractivity contribution < 1.29 is 14.3 Å². The van der Waals surface area contributed by atoms with Gasteiger partial charge in [0, 0.05) is 11.8 Å². The Morgan fingerprint density at radius 3 is 3.13 bits per heavy atom. The SMILES string of the molecule is Cc1cc(NC(=O)C2COCCO2)n[nH]1. The second-order valence-electron chi connectivity index (χ2n) is 3.36. The standard InChI is InChI=1S/C9H13N3O3/c1-6-4-8(12-11-6)10-9(13)7-5-14-2-3-15-7/h4,7H,2-3,5H2,1H3,(H2,10,11,12,13). The summed E-state index contributed by atoms with van der Waals surface area (Å²) in [6.07, 6.45) is -0.532. The number of carbonyl (C=O) groups excluding carboxylic acids is 1. The molecule has 1 fully saturated rings. The topological polar surface area (TPSA) is 76.2 Å². The summed E-state index contributed by atoms with van der Waals surface area (Å²) in [5, 5.41) is 9.28. The van der Waals surface area contributed by atoms with E-state index in [0.717, 1.165) is 5.69 Å². The van der Waals surface area contributed by atoms with Gasteiger partial charge < -0.3 is 14.8 Å². The van der Waals surface area contributed by atoms with Crippen molar-refractivity contribution in [3.05, 3.63) is 11.8 Å². The molecule has 0 aromatic carbocycles. The minimum absolute atomic E-state index is 0.221. The van der Waals surface area contributed by atoms with Crippen LogP contribution in [0, 0.1) is 6.92 Å². The molecule has 6 nitrogen and oxygen atoms in total. The molecule has 1 saturated heterocycles. The largest absolute Gasteiger partial charge is 0.376 e. The molecule has 1 aromatic rings. The fourth-order valence-corrected chi connectivity index (χ4v) is 1.33. The van der Waals surface area contributed by atoms with Crippen LogP contribution in [0.3, 0.4) is 0 Å². The van der Waals surface area contributed by atoms with E-state index in [-0.39, 0.29) is 5.91 Å². The minimum atomic E-state index is -0.532. The highest BCUT2D eigenvalue weighted by Gasteiger charge is 2.23. The Hall–Kier alpha value is -1.40. The Morgan fingerprint density at radius 2 is 2.53 bits per heavy atom. The summed E-state index contributed by atoms with van der Waals surface area (Å²) < 4.78 is 10.4. The number of rotatable bonds is 2. The Balaban J connectivity index is 1.91. The smallest absolute Gasteiger partial charge is 0.257 e. The summed E-state index contributed by atoms with van der Waals surface area (Å²) in [5.41, 5.74) is 0.895. The van der Waals surface area contributed by atoms with Crippen molar-refractivity contribution in [2.75, 3.05) is 25.1 Å². The molecule has 1 aliphatic rings. The lowest BCUT2D eigenvalue weighted by Crippen LogP contribution is -2.39. The number of nitrogens with zero attached hydrogens (tertiary/aromatic N) is 1. The predicted octanol–water partition coefficient (Wildman–Crippen LogP) is 0.0720. The van der Waals surface area contributed by atoms with E-state index >= 15 is 0 Å². The fraction of sp³-hybridized carbons (Fsp3) is 0.556. The predicted molar refractivity (Wildman–Crippen MR) is 52.5 cm³/mol. The maximum Gasteiger partial charge on any atom is 0.257 e. The number of amides is 1. The molecule has 1 unspecified atom stereocenters. The number of aryl methyl sites for hydroxylation is 1. The highest BCUT2D eigenvalue weighted by atomic mass is 16.6. The lowest BCUT2D eigenvalue weighted by atomic mass is 10.3. The van der Waals surface area contributed by atoms with E-state index in [2.05, 4.69) is 15.5 Å². The van der Waals surface area contributed by atoms with Gasteiger partial charge in [0.1, 0.15) is 0 Å². The molecule has 0 saturated carbocycles. The third kappa shape index (κ3) is 2.54. The van der Waals surface area contributed by atoms with Crippen LogP contribution in [-0.4, -0.2) is 42.0 Å². The maximum absolute atomic E-state index is 11.6. The van der Waals surface area contributed by atoms with Crippen molar-refractivity contribution in [2.45, 2.75) is 13.0 Å². The molecule has 1 aliphatic heterocycles. The summed E-state index contributed by atoms with van der Waals surface area (Å²) in [6.45, 7) is 3.17. The van der Waals surface area contributed by atoms with Crippen LogP contribution >= 0.6 is 0 Å². The summed E-state index contributed by atoms with van der Waals surface area (Å²) >= 11 is 0. The highest BCUT2D eigenvalue weighted by Crippen LogP contribution is 2.07. The number of anilines is 1. The van der Waals surface area contributed by atoms with Crippen LogP contribution in [0.5, 0.6) is 0 Å². The molecule has 2 N–H and O–H groups in total. The number of hydrogen-bond donors (Lipinski definition) is 2. The highest BCUT2D eigenvalue weighted by molar-refractivity contribution is 5.93. The zero-order valence-corrected chi connectivity index (χ0v) is 8.45. The molecule has 1 amide bonds. The lowest BCUT2D eigenvalue weighted by Gasteiger charge is -2.21. The van der Waals surface area contributed by atoms with Crippen molar-refractivity contribution in [1.82, 2.24) is 10.2 Å². The Kier molecular flexibility index (Phi) is 2.98. The van der Waals surface area contributed by atoms with Gasteiger partial charge in [0.25, 0.3) is 5.91 Å². The van der Waals surface area contributed by atoms with E-state index in [1.807, 2.05) is 6.92 Å². The molecule has 15 heavy (non-hydrogen) atoms. The van der Waals surface area contributed by atoms with Gasteiger partial charge in [-0.2, -0.15) is 5.10 Å². The van der Waals surface area contributed by atoms with E-state index in [0.29, 0.717) is 25.6 Å². The first-order chi connectivity index (χ1) is 7.25. The van der Waals surface area contributed by atoms with Crippen LogP contribution in [0.1, 0.15) is 5.69 Å². The molecule has 1 aromatic heterocycles. The zero-order valence-electron chi connectivity index (χ0n) is 8.45. The van der Waals surface area contributed by atoms with Gasteiger partial charge in [-0.05, 0) is 6.92 Å². The Labute approximate surface area is 87.0 Å². The van der Waals surface area contributed by atoms with Crippen molar-refractivity contribution in [1.29, 1.82) is 0 Å². The molecule has 6 heteroatoms. The third-order valence-electron chi connectivity index (χ3n) is 2.07. The van der Waals surface area contributed by atoms with Crippen LogP contribution in [0.2, 0.25) is 0 Å². The van der Waals surface area contributed by atoms with Gasteiger partial charge in [0.05, 0.1) is 19.8 Å². The van der Waals surface area contributed by atoms with Crippen LogP contribution in [0.4, 0.5) is 5.82 Å². The monoisotopic (exact) mass is 211 g/mol. The molecule has 0 aliphatic carbocycles. The number of carbonyl (C=O) groups is 1. The number of ether oxygens (including phenoxy) is 2. The van der Waals surface area contributed by atoms with E-state index in [1.165, 1.54) is 0 Å². The van der Waals surface area contributed by atoms with Gasteiger partial charge in [-0.3, -0.25) is 9.89 Å². The molecule has 0 bridgehead atoms. The van der Waals surface area contributed by atoms with Crippen LogP contribution < -0.4 is 5.32 Å². The third-order valence-corrected chi connectivity index (χ3v) is 2.07. The molecule has 0 spiro atoms. The summed E-state index contributed by atoms with van der Waals surface area (Å²) in [5.74, 6) is 0.285. The zero-order chi connectivity index (χ0) is 10.7. The molecule has 2 heterocycles. The summed E-state index contributed by atoms with van der Waals surface area (Å²) in [4.78, 5) is 11.6. The first kappa shape index (κ1) is 10.1. The molecule has 82 valence electrons. The Morgan fingerprint density at radius 1 is 1.67 bits per heavy atom. The number of nitrogens with one attached hydrogen (secondary N) is 2. The van der Waals surface area contributed by atoms with E-state index in [9.17, 15) is 4.79 Å². The van der Waals surface area contributed by atoms with Gasteiger partial charge in [0.2, 0.25) is 0 Å². The van der Waals surface area contributed by atoms with Crippen LogP contribution in [-0.2, 0) is 14.3 Å². The van der Waals surface area contributed by atoms with Crippen molar-refractivity contribution in [2.24, 2.45) is 0 Å².